The third-order valence-corrected chi connectivity index (χ3v) is 4.12. The van der Waals surface area contributed by atoms with Crippen LogP contribution in [0.5, 0.6) is 0 Å². The standard InChI is InChI=1S/C13H20N2O/c1-2-12(13-4-3-5-16-13)15-8-10-6-14-7-11(10)9-15/h3-5,10-12,14H,2,6-9H2,1H3. The molecule has 0 bridgehead atoms. The minimum Gasteiger partial charge on any atom is -0.468 e. The molecule has 1 aromatic heterocycles. The van der Waals surface area contributed by atoms with Crippen LogP contribution in [0, 0.1) is 11.8 Å². The largest absolute Gasteiger partial charge is 0.468 e. The Morgan fingerprint density at radius 3 is 2.75 bits per heavy atom. The smallest absolute Gasteiger partial charge is 0.120 e. The van der Waals surface area contributed by atoms with Gasteiger partial charge in [-0.2, -0.15) is 0 Å². The van der Waals surface area contributed by atoms with E-state index in [9.17, 15) is 0 Å². The van der Waals surface area contributed by atoms with Crippen LogP contribution in [-0.2, 0) is 0 Å². The highest BCUT2D eigenvalue weighted by Gasteiger charge is 2.39. The van der Waals surface area contributed by atoms with Crippen LogP contribution in [0.4, 0.5) is 0 Å². The fourth-order valence-electron chi connectivity index (χ4n) is 3.27. The van der Waals surface area contributed by atoms with Gasteiger partial charge >= 0.3 is 0 Å². The lowest BCUT2D eigenvalue weighted by molar-refractivity contribution is 0.196. The summed E-state index contributed by atoms with van der Waals surface area (Å²) in [6, 6.07) is 4.59. The van der Waals surface area contributed by atoms with Crippen molar-refractivity contribution in [2.45, 2.75) is 19.4 Å². The van der Waals surface area contributed by atoms with Gasteiger partial charge in [-0.05, 0) is 43.5 Å². The van der Waals surface area contributed by atoms with Crippen molar-refractivity contribution in [3.63, 3.8) is 0 Å². The summed E-state index contributed by atoms with van der Waals surface area (Å²) in [6.45, 7) is 7.12. The molecule has 88 valence electrons. The maximum atomic E-state index is 5.56. The zero-order chi connectivity index (χ0) is 11.0. The van der Waals surface area contributed by atoms with Crippen LogP contribution in [0.1, 0.15) is 25.1 Å². The van der Waals surface area contributed by atoms with Gasteiger partial charge in [-0.25, -0.2) is 0 Å². The zero-order valence-electron chi connectivity index (χ0n) is 9.86. The summed E-state index contributed by atoms with van der Waals surface area (Å²) in [5.74, 6) is 2.86. The van der Waals surface area contributed by atoms with Gasteiger partial charge in [-0.3, -0.25) is 4.90 Å². The summed E-state index contributed by atoms with van der Waals surface area (Å²) in [6.07, 6.45) is 2.93. The minimum absolute atomic E-state index is 0.487. The number of nitrogens with zero attached hydrogens (tertiary/aromatic N) is 1. The number of nitrogens with one attached hydrogen (secondary N) is 1. The van der Waals surface area contributed by atoms with Crippen LogP contribution in [-0.4, -0.2) is 31.1 Å². The summed E-state index contributed by atoms with van der Waals surface area (Å²) < 4.78 is 5.56. The highest BCUT2D eigenvalue weighted by molar-refractivity contribution is 5.06. The molecule has 0 spiro atoms. The summed E-state index contributed by atoms with van der Waals surface area (Å²) in [5.41, 5.74) is 0. The van der Waals surface area contributed by atoms with E-state index in [-0.39, 0.29) is 0 Å². The lowest BCUT2D eigenvalue weighted by Gasteiger charge is -2.25. The van der Waals surface area contributed by atoms with Crippen molar-refractivity contribution in [2.24, 2.45) is 11.8 Å². The van der Waals surface area contributed by atoms with Crippen molar-refractivity contribution < 1.29 is 4.42 Å². The van der Waals surface area contributed by atoms with Gasteiger partial charge in [0.1, 0.15) is 5.76 Å². The van der Waals surface area contributed by atoms with Crippen molar-refractivity contribution in [2.75, 3.05) is 26.2 Å². The molecule has 3 unspecified atom stereocenters. The first-order valence-corrected chi connectivity index (χ1v) is 6.36. The van der Waals surface area contributed by atoms with Gasteiger partial charge in [0, 0.05) is 13.1 Å². The Balaban J connectivity index is 1.72. The number of hydrogen-bond donors (Lipinski definition) is 1. The molecule has 0 aromatic carbocycles. The zero-order valence-corrected chi connectivity index (χ0v) is 9.86. The Bertz CT molecular complexity index is 324. The normalized spacial score (nSPS) is 31.8. The van der Waals surface area contributed by atoms with Crippen molar-refractivity contribution in [1.29, 1.82) is 0 Å². The van der Waals surface area contributed by atoms with E-state index in [2.05, 4.69) is 23.2 Å². The molecule has 2 fully saturated rings. The average Bonchev–Trinajstić information content (AvgIpc) is 2.91. The first-order valence-electron chi connectivity index (χ1n) is 6.36. The first kappa shape index (κ1) is 10.4. The van der Waals surface area contributed by atoms with E-state index in [1.54, 1.807) is 6.26 Å². The molecule has 1 N–H and O–H groups in total. The lowest BCUT2D eigenvalue weighted by Crippen LogP contribution is -2.29. The first-order chi connectivity index (χ1) is 7.88. The molecule has 2 saturated heterocycles. The molecule has 3 heterocycles. The minimum atomic E-state index is 0.487. The predicted molar refractivity (Wildman–Crippen MR) is 63.2 cm³/mol. The van der Waals surface area contributed by atoms with E-state index < -0.39 is 0 Å². The number of furan rings is 1. The summed E-state index contributed by atoms with van der Waals surface area (Å²) in [7, 11) is 0. The maximum absolute atomic E-state index is 5.56. The molecule has 3 nitrogen and oxygen atoms in total. The van der Waals surface area contributed by atoms with Gasteiger partial charge in [-0.15, -0.1) is 0 Å². The second-order valence-electron chi connectivity index (χ2n) is 5.07. The Morgan fingerprint density at radius 1 is 1.44 bits per heavy atom. The van der Waals surface area contributed by atoms with E-state index in [1.807, 2.05) is 6.07 Å². The molecule has 2 aliphatic heterocycles. The van der Waals surface area contributed by atoms with Crippen molar-refractivity contribution >= 4 is 0 Å². The van der Waals surface area contributed by atoms with Crippen molar-refractivity contribution in [3.05, 3.63) is 24.2 Å². The number of likely N-dealkylation sites (tertiary alicyclic amines) is 1. The predicted octanol–water partition coefficient (Wildman–Crippen LogP) is 1.88. The van der Waals surface area contributed by atoms with Crippen LogP contribution in [0.2, 0.25) is 0 Å². The Morgan fingerprint density at radius 2 is 2.19 bits per heavy atom. The van der Waals surface area contributed by atoms with Crippen LogP contribution in [0.3, 0.4) is 0 Å². The molecule has 0 aliphatic carbocycles. The van der Waals surface area contributed by atoms with Crippen LogP contribution < -0.4 is 5.32 Å². The molecule has 1 aromatic rings. The SMILES string of the molecule is CCC(c1ccco1)N1CC2CNCC2C1. The molecule has 0 amide bonds. The topological polar surface area (TPSA) is 28.4 Å². The third kappa shape index (κ3) is 1.68. The molecule has 3 rings (SSSR count). The molecule has 2 aliphatic rings. The second kappa shape index (κ2) is 4.22. The van der Waals surface area contributed by atoms with Crippen LogP contribution >= 0.6 is 0 Å². The van der Waals surface area contributed by atoms with E-state index in [0.717, 1.165) is 24.0 Å². The van der Waals surface area contributed by atoms with Crippen molar-refractivity contribution in [1.82, 2.24) is 10.2 Å². The van der Waals surface area contributed by atoms with Gasteiger partial charge in [0.05, 0.1) is 12.3 Å². The fourth-order valence-corrected chi connectivity index (χ4v) is 3.27. The van der Waals surface area contributed by atoms with Crippen molar-refractivity contribution in [3.8, 4) is 0 Å². The van der Waals surface area contributed by atoms with E-state index in [4.69, 9.17) is 4.42 Å². The molecule has 0 saturated carbocycles. The molecule has 0 radical (unpaired) electrons. The van der Waals surface area contributed by atoms with E-state index in [1.165, 1.54) is 26.2 Å². The average molecular weight is 220 g/mol. The lowest BCUT2D eigenvalue weighted by atomic mass is 10.0. The maximum Gasteiger partial charge on any atom is 0.120 e. The molecule has 16 heavy (non-hydrogen) atoms. The molecular formula is C13H20N2O. The second-order valence-corrected chi connectivity index (χ2v) is 5.07. The highest BCUT2D eigenvalue weighted by atomic mass is 16.3. The Labute approximate surface area is 96.8 Å². The fraction of sp³-hybridized carbons (Fsp3) is 0.692. The van der Waals surface area contributed by atoms with Gasteiger partial charge < -0.3 is 9.73 Å². The van der Waals surface area contributed by atoms with E-state index >= 15 is 0 Å². The molecule has 3 heteroatoms. The summed E-state index contributed by atoms with van der Waals surface area (Å²) in [5, 5.41) is 3.49. The highest BCUT2D eigenvalue weighted by Crippen LogP contribution is 2.34. The quantitative estimate of drug-likeness (QED) is 0.843. The molecular weight excluding hydrogens is 200 g/mol. The number of fused-ring (bicyclic) bond motifs is 1. The van der Waals surface area contributed by atoms with Gasteiger partial charge in [-0.1, -0.05) is 6.92 Å². The van der Waals surface area contributed by atoms with Gasteiger partial charge in [0.25, 0.3) is 0 Å². The monoisotopic (exact) mass is 220 g/mol. The number of hydrogen-bond acceptors (Lipinski definition) is 3. The summed E-state index contributed by atoms with van der Waals surface area (Å²) in [4.78, 5) is 2.61. The Hall–Kier alpha value is -0.800. The van der Waals surface area contributed by atoms with Crippen LogP contribution in [0.15, 0.2) is 22.8 Å². The van der Waals surface area contributed by atoms with E-state index in [0.29, 0.717) is 6.04 Å². The summed E-state index contributed by atoms with van der Waals surface area (Å²) >= 11 is 0. The number of rotatable bonds is 3. The van der Waals surface area contributed by atoms with Crippen LogP contribution in [0.25, 0.3) is 0 Å². The Kier molecular flexibility index (Phi) is 2.74. The molecule has 3 atom stereocenters. The van der Waals surface area contributed by atoms with Gasteiger partial charge in [0.15, 0.2) is 0 Å². The third-order valence-electron chi connectivity index (χ3n) is 4.12. The van der Waals surface area contributed by atoms with Gasteiger partial charge in [0.2, 0.25) is 0 Å².